The van der Waals surface area contributed by atoms with Gasteiger partial charge in [-0.1, -0.05) is 11.6 Å². The van der Waals surface area contributed by atoms with Gasteiger partial charge in [-0.3, -0.25) is 24.1 Å². The SMILES string of the molecule is COc1cc(C2C3=CCC4C(=O)N(c5ccc(N6CCOCC6)cc5)C(=O)C4C3CC3=C2C(=O)C=C(Br)C3=O)cc(I)c1O. The van der Waals surface area contributed by atoms with Crippen molar-refractivity contribution in [2.24, 2.45) is 17.8 Å². The van der Waals surface area contributed by atoms with Crippen LogP contribution in [0.3, 0.4) is 0 Å². The number of anilines is 2. The predicted octanol–water partition coefficient (Wildman–Crippen LogP) is 4.81. The Morgan fingerprint density at radius 2 is 1.70 bits per heavy atom. The third-order valence-corrected chi connectivity index (χ3v) is 10.8. The van der Waals surface area contributed by atoms with Gasteiger partial charge < -0.3 is 19.5 Å². The molecule has 3 aliphatic carbocycles. The van der Waals surface area contributed by atoms with Crippen LogP contribution >= 0.6 is 38.5 Å². The highest BCUT2D eigenvalue weighted by Crippen LogP contribution is 2.56. The first-order valence-corrected chi connectivity index (χ1v) is 16.3. The number of rotatable bonds is 4. The largest absolute Gasteiger partial charge is 0.504 e. The molecule has 1 N–H and O–H groups in total. The molecule has 11 heteroatoms. The molecule has 2 aromatic rings. The molecule has 44 heavy (non-hydrogen) atoms. The number of carbonyl (C=O) groups excluding carboxylic acids is 4. The Morgan fingerprint density at radius 3 is 2.41 bits per heavy atom. The molecule has 2 amide bonds. The first-order chi connectivity index (χ1) is 21.2. The van der Waals surface area contributed by atoms with Gasteiger partial charge >= 0.3 is 0 Å². The number of nitrogens with zero attached hydrogens (tertiary/aromatic N) is 2. The molecule has 4 atom stereocenters. The number of ketones is 2. The van der Waals surface area contributed by atoms with E-state index in [0.717, 1.165) is 24.4 Å². The second-order valence-corrected chi connectivity index (χ2v) is 13.6. The van der Waals surface area contributed by atoms with Gasteiger partial charge in [0.15, 0.2) is 23.1 Å². The Kier molecular flexibility index (Phi) is 7.53. The minimum atomic E-state index is -0.677. The van der Waals surface area contributed by atoms with Gasteiger partial charge in [-0.15, -0.1) is 0 Å². The van der Waals surface area contributed by atoms with Crippen LogP contribution in [0.25, 0.3) is 0 Å². The van der Waals surface area contributed by atoms with E-state index in [9.17, 15) is 24.3 Å². The summed E-state index contributed by atoms with van der Waals surface area (Å²) in [4.78, 5) is 58.6. The number of benzene rings is 2. The molecular formula is C33H28BrIN2O7. The zero-order valence-electron chi connectivity index (χ0n) is 23.7. The first-order valence-electron chi connectivity index (χ1n) is 14.5. The lowest BCUT2D eigenvalue weighted by Crippen LogP contribution is -2.39. The summed E-state index contributed by atoms with van der Waals surface area (Å²) in [7, 11) is 1.45. The fourth-order valence-electron chi connectivity index (χ4n) is 7.39. The highest BCUT2D eigenvalue weighted by atomic mass is 127. The van der Waals surface area contributed by atoms with Crippen molar-refractivity contribution in [1.29, 1.82) is 0 Å². The third kappa shape index (κ3) is 4.57. The van der Waals surface area contributed by atoms with Gasteiger partial charge in [0.2, 0.25) is 11.8 Å². The molecule has 0 bridgehead atoms. The van der Waals surface area contributed by atoms with Gasteiger partial charge in [-0.25, -0.2) is 0 Å². The third-order valence-electron chi connectivity index (χ3n) is 9.42. The number of amides is 2. The van der Waals surface area contributed by atoms with E-state index >= 15 is 0 Å². The fraction of sp³-hybridized carbons (Fsp3) is 0.333. The number of phenolic OH excluding ortho intramolecular Hbond substituents is 1. The van der Waals surface area contributed by atoms with Crippen LogP contribution in [0, 0.1) is 21.3 Å². The van der Waals surface area contributed by atoms with E-state index < -0.39 is 23.7 Å². The second-order valence-electron chi connectivity index (χ2n) is 11.6. The molecule has 2 aliphatic heterocycles. The van der Waals surface area contributed by atoms with Crippen LogP contribution in [0.2, 0.25) is 0 Å². The van der Waals surface area contributed by atoms with Crippen LogP contribution < -0.4 is 14.5 Å². The minimum Gasteiger partial charge on any atom is -0.504 e. The van der Waals surface area contributed by atoms with Gasteiger partial charge in [0.25, 0.3) is 0 Å². The molecule has 2 heterocycles. The molecule has 7 rings (SSSR count). The number of methoxy groups -OCH3 is 1. The first kappa shape index (κ1) is 29.4. The van der Waals surface area contributed by atoms with E-state index in [4.69, 9.17) is 9.47 Å². The number of hydrogen-bond donors (Lipinski definition) is 1. The van der Waals surface area contributed by atoms with Crippen molar-refractivity contribution in [3.05, 3.63) is 78.9 Å². The zero-order valence-corrected chi connectivity index (χ0v) is 27.5. The average Bonchev–Trinajstić information content (AvgIpc) is 3.30. The number of phenols is 1. The van der Waals surface area contributed by atoms with E-state index in [0.29, 0.717) is 45.6 Å². The molecule has 0 spiro atoms. The Morgan fingerprint density at radius 1 is 1.00 bits per heavy atom. The summed E-state index contributed by atoms with van der Waals surface area (Å²) in [6, 6.07) is 10.9. The van der Waals surface area contributed by atoms with E-state index in [-0.39, 0.29) is 45.8 Å². The van der Waals surface area contributed by atoms with Gasteiger partial charge in [0.1, 0.15) is 0 Å². The lowest BCUT2D eigenvalue weighted by Gasteiger charge is -2.42. The molecule has 9 nitrogen and oxygen atoms in total. The summed E-state index contributed by atoms with van der Waals surface area (Å²) in [6.07, 6.45) is 3.81. The highest BCUT2D eigenvalue weighted by Gasteiger charge is 2.56. The number of ether oxygens (including phenoxy) is 2. The van der Waals surface area contributed by atoms with Crippen LogP contribution in [0.1, 0.15) is 24.3 Å². The van der Waals surface area contributed by atoms with Crippen LogP contribution in [0.4, 0.5) is 11.4 Å². The Balaban J connectivity index is 1.28. The number of carbonyl (C=O) groups is 4. The maximum atomic E-state index is 14.2. The maximum absolute atomic E-state index is 14.2. The number of hydrogen-bond acceptors (Lipinski definition) is 8. The van der Waals surface area contributed by atoms with Gasteiger partial charge in [-0.2, -0.15) is 0 Å². The van der Waals surface area contributed by atoms with Crippen molar-refractivity contribution in [2.75, 3.05) is 43.2 Å². The van der Waals surface area contributed by atoms with Crippen LogP contribution in [0.15, 0.2) is 69.8 Å². The van der Waals surface area contributed by atoms with Crippen LogP contribution in [0.5, 0.6) is 11.5 Å². The van der Waals surface area contributed by atoms with Gasteiger partial charge in [0.05, 0.1) is 45.9 Å². The number of halogens is 2. The Labute approximate surface area is 275 Å². The molecular weight excluding hydrogens is 743 g/mol. The summed E-state index contributed by atoms with van der Waals surface area (Å²) in [6.45, 7) is 2.86. The molecule has 2 aromatic carbocycles. The molecule has 0 radical (unpaired) electrons. The lowest BCUT2D eigenvalue weighted by atomic mass is 9.59. The van der Waals surface area contributed by atoms with Gasteiger partial charge in [0, 0.05) is 41.9 Å². The molecule has 0 saturated carbocycles. The van der Waals surface area contributed by atoms with Crippen molar-refractivity contribution in [1.82, 2.24) is 0 Å². The Bertz CT molecular complexity index is 1720. The number of allylic oxidation sites excluding steroid dienone is 6. The average molecular weight is 771 g/mol. The minimum absolute atomic E-state index is 0.0170. The molecule has 4 unspecified atom stereocenters. The standard InChI is InChI=1S/C33H28BrIN2O7/c1-43-26-13-16(12-24(35)31(26)40)27-19-6-7-20-28(21(19)14-22-29(27)25(38)15-23(34)30(22)39)33(42)37(32(20)41)18-4-2-17(3-5-18)36-8-10-44-11-9-36/h2-6,12-13,15,20-21,27-28,40H,7-11,14H2,1H3. The summed E-state index contributed by atoms with van der Waals surface area (Å²) < 4.78 is 11.6. The van der Waals surface area contributed by atoms with E-state index in [1.807, 2.05) is 52.9 Å². The van der Waals surface area contributed by atoms with Crippen molar-refractivity contribution in [3.63, 3.8) is 0 Å². The van der Waals surface area contributed by atoms with E-state index in [2.05, 4.69) is 20.8 Å². The summed E-state index contributed by atoms with van der Waals surface area (Å²) >= 11 is 5.27. The van der Waals surface area contributed by atoms with Crippen molar-refractivity contribution in [3.8, 4) is 11.5 Å². The lowest BCUT2D eigenvalue weighted by molar-refractivity contribution is -0.123. The van der Waals surface area contributed by atoms with Crippen LogP contribution in [-0.4, -0.2) is 61.9 Å². The van der Waals surface area contributed by atoms with Gasteiger partial charge in [-0.05, 0) is 99.2 Å². The van der Waals surface area contributed by atoms with E-state index in [1.54, 1.807) is 12.1 Å². The number of imide groups is 1. The summed E-state index contributed by atoms with van der Waals surface area (Å²) in [5.41, 5.74) is 3.76. The number of fused-ring (bicyclic) bond motifs is 3. The monoisotopic (exact) mass is 770 g/mol. The highest BCUT2D eigenvalue weighted by molar-refractivity contribution is 14.1. The maximum Gasteiger partial charge on any atom is 0.238 e. The molecule has 2 fully saturated rings. The summed E-state index contributed by atoms with van der Waals surface area (Å²) in [5.74, 6) is -3.23. The van der Waals surface area contributed by atoms with Crippen molar-refractivity contribution >= 4 is 73.3 Å². The van der Waals surface area contributed by atoms with E-state index in [1.165, 1.54) is 18.1 Å². The zero-order chi connectivity index (χ0) is 30.9. The fourth-order valence-corrected chi connectivity index (χ4v) is 8.46. The van der Waals surface area contributed by atoms with Crippen LogP contribution in [-0.2, 0) is 23.9 Å². The number of morpholine rings is 1. The quantitative estimate of drug-likeness (QED) is 0.204. The smallest absolute Gasteiger partial charge is 0.238 e. The topological polar surface area (TPSA) is 113 Å². The predicted molar refractivity (Wildman–Crippen MR) is 174 cm³/mol. The van der Waals surface area contributed by atoms with Crippen molar-refractivity contribution < 1.29 is 33.8 Å². The van der Waals surface area contributed by atoms with Crippen molar-refractivity contribution in [2.45, 2.75) is 18.8 Å². The Hall–Kier alpha value is -3.29. The number of aromatic hydroxyl groups is 1. The molecule has 0 aromatic heterocycles. The normalized spacial score (nSPS) is 26.7. The molecule has 2 saturated heterocycles. The summed E-state index contributed by atoms with van der Waals surface area (Å²) in [5, 5.41) is 10.5. The molecule has 5 aliphatic rings. The molecule has 226 valence electrons. The second kappa shape index (κ2) is 11.3. The number of Topliss-reactive ketones (excluding diaryl/α,β-unsaturated/α-hetero) is 1.